The molecule has 6 nitrogen and oxygen atoms in total. The molecule has 86 valence electrons. The monoisotopic (exact) mass is 226 g/mol. The molecule has 1 saturated heterocycles. The summed E-state index contributed by atoms with van der Waals surface area (Å²) in [7, 11) is 0. The van der Waals surface area contributed by atoms with Gasteiger partial charge in [-0.05, 0) is 0 Å². The summed E-state index contributed by atoms with van der Waals surface area (Å²) in [5.41, 5.74) is 0. The van der Waals surface area contributed by atoms with Crippen LogP contribution in [0.3, 0.4) is 0 Å². The number of rotatable bonds is 1. The molecule has 1 fully saturated rings. The lowest BCUT2D eigenvalue weighted by atomic mass is 10.4. The topological polar surface area (TPSA) is 67.3 Å². The summed E-state index contributed by atoms with van der Waals surface area (Å²) in [5.74, 6) is -0.568. The van der Waals surface area contributed by atoms with E-state index < -0.39 is 11.9 Å². The molecule has 0 atom stereocenters. The molecule has 0 unspecified atom stereocenters. The van der Waals surface area contributed by atoms with Crippen molar-refractivity contribution in [2.45, 2.75) is 0 Å². The molecule has 0 aliphatic carbocycles. The summed E-state index contributed by atoms with van der Waals surface area (Å²) < 4.78 is 17.4. The first-order chi connectivity index (χ1) is 7.75. The lowest BCUT2D eigenvalue weighted by Gasteiger charge is -2.25. The van der Waals surface area contributed by atoms with Crippen molar-refractivity contribution in [3.05, 3.63) is 18.2 Å². The Morgan fingerprint density at radius 1 is 1.38 bits per heavy atom. The van der Waals surface area contributed by atoms with Gasteiger partial charge in [0.1, 0.15) is 0 Å². The molecule has 16 heavy (non-hydrogen) atoms. The van der Waals surface area contributed by atoms with E-state index in [4.69, 9.17) is 4.74 Å². The smallest absolute Gasteiger partial charge is 0.374 e. The highest BCUT2D eigenvalue weighted by Crippen LogP contribution is 2.04. The van der Waals surface area contributed by atoms with Gasteiger partial charge in [0.05, 0.1) is 12.4 Å². The van der Waals surface area contributed by atoms with Crippen LogP contribution in [-0.4, -0.2) is 47.1 Å². The molecule has 0 radical (unpaired) electrons. The second kappa shape index (κ2) is 4.84. The fourth-order valence-corrected chi connectivity index (χ4v) is 1.34. The van der Waals surface area contributed by atoms with Gasteiger partial charge in [0, 0.05) is 26.2 Å². The summed E-state index contributed by atoms with van der Waals surface area (Å²) in [6.45, 7) is 2.64. The van der Waals surface area contributed by atoms with Crippen molar-refractivity contribution < 1.29 is 13.9 Å². The van der Waals surface area contributed by atoms with Gasteiger partial charge in [-0.2, -0.15) is 0 Å². The first-order valence-electron chi connectivity index (χ1n) is 4.91. The Morgan fingerprint density at radius 2 is 2.00 bits per heavy atom. The number of nitrogens with one attached hydrogen (secondary N) is 1. The van der Waals surface area contributed by atoms with Gasteiger partial charge in [0.25, 0.3) is 0 Å². The molecule has 1 N–H and O–H groups in total. The Morgan fingerprint density at radius 3 is 2.62 bits per heavy atom. The zero-order valence-corrected chi connectivity index (χ0v) is 8.52. The van der Waals surface area contributed by atoms with Crippen LogP contribution in [0.2, 0.25) is 0 Å². The normalized spacial score (nSPS) is 15.9. The molecule has 0 aromatic carbocycles. The number of carbonyl (C=O) groups is 1. The van der Waals surface area contributed by atoms with Gasteiger partial charge >= 0.3 is 12.1 Å². The fraction of sp³-hybridized carbons (Fsp3) is 0.444. The van der Waals surface area contributed by atoms with E-state index in [2.05, 4.69) is 15.3 Å². The third-order valence-corrected chi connectivity index (χ3v) is 2.15. The highest BCUT2D eigenvalue weighted by molar-refractivity contribution is 5.69. The van der Waals surface area contributed by atoms with Gasteiger partial charge in [-0.15, -0.1) is 0 Å². The third-order valence-electron chi connectivity index (χ3n) is 2.15. The lowest BCUT2D eigenvalue weighted by Crippen LogP contribution is -2.47. The first kappa shape index (κ1) is 10.7. The highest BCUT2D eigenvalue weighted by atomic mass is 19.1. The van der Waals surface area contributed by atoms with Crippen molar-refractivity contribution in [3.8, 4) is 6.01 Å². The highest BCUT2D eigenvalue weighted by Gasteiger charge is 2.18. The second-order valence-electron chi connectivity index (χ2n) is 3.29. The van der Waals surface area contributed by atoms with E-state index >= 15 is 0 Å². The molecule has 1 aromatic rings. The molecule has 1 aliphatic heterocycles. The van der Waals surface area contributed by atoms with Crippen LogP contribution in [0.4, 0.5) is 9.18 Å². The number of amides is 1. The van der Waals surface area contributed by atoms with E-state index in [9.17, 15) is 9.18 Å². The van der Waals surface area contributed by atoms with E-state index in [0.717, 1.165) is 25.5 Å². The molecule has 1 amide bonds. The molecular formula is C9H11FN4O2. The predicted molar refractivity (Wildman–Crippen MR) is 52.5 cm³/mol. The number of hydrogen-bond donors (Lipinski definition) is 1. The number of carbonyl (C=O) groups excluding carboxylic acids is 1. The van der Waals surface area contributed by atoms with Crippen LogP contribution in [0.25, 0.3) is 0 Å². The zero-order chi connectivity index (χ0) is 11.4. The SMILES string of the molecule is O=C(Oc1ncc(F)cn1)N1CCNCC1. The van der Waals surface area contributed by atoms with Crippen LogP contribution in [0, 0.1) is 5.82 Å². The fourth-order valence-electron chi connectivity index (χ4n) is 1.34. The van der Waals surface area contributed by atoms with Crippen molar-refractivity contribution in [1.29, 1.82) is 0 Å². The van der Waals surface area contributed by atoms with Crippen LogP contribution in [0.15, 0.2) is 12.4 Å². The molecule has 1 aliphatic rings. The number of piperazine rings is 1. The third kappa shape index (κ3) is 2.63. The van der Waals surface area contributed by atoms with Crippen LogP contribution in [-0.2, 0) is 0 Å². The van der Waals surface area contributed by atoms with E-state index in [1.54, 1.807) is 4.90 Å². The number of aromatic nitrogens is 2. The molecule has 0 saturated carbocycles. The Labute approximate surface area is 91.4 Å². The number of nitrogens with zero attached hydrogens (tertiary/aromatic N) is 3. The molecule has 7 heteroatoms. The van der Waals surface area contributed by atoms with Crippen LogP contribution < -0.4 is 10.1 Å². The maximum atomic E-state index is 12.5. The maximum absolute atomic E-state index is 12.5. The summed E-state index contributed by atoms with van der Waals surface area (Å²) >= 11 is 0. The molecule has 1 aromatic heterocycles. The zero-order valence-electron chi connectivity index (χ0n) is 8.52. The van der Waals surface area contributed by atoms with Gasteiger partial charge < -0.3 is 15.0 Å². The quantitative estimate of drug-likeness (QED) is 0.731. The van der Waals surface area contributed by atoms with Gasteiger partial charge in [-0.25, -0.2) is 19.2 Å². The minimum atomic E-state index is -0.568. The van der Waals surface area contributed by atoms with E-state index in [-0.39, 0.29) is 6.01 Å². The van der Waals surface area contributed by atoms with Crippen LogP contribution in [0.1, 0.15) is 0 Å². The second-order valence-corrected chi connectivity index (χ2v) is 3.29. The average molecular weight is 226 g/mol. The molecule has 2 rings (SSSR count). The van der Waals surface area contributed by atoms with Gasteiger partial charge in [-0.1, -0.05) is 0 Å². The molecule has 2 heterocycles. The summed E-state index contributed by atoms with van der Waals surface area (Å²) in [6, 6.07) is -0.134. The van der Waals surface area contributed by atoms with Crippen molar-refractivity contribution in [2.24, 2.45) is 0 Å². The minimum absolute atomic E-state index is 0.134. The first-order valence-corrected chi connectivity index (χ1v) is 4.91. The summed E-state index contributed by atoms with van der Waals surface area (Å²) in [6.07, 6.45) is 1.40. The summed E-state index contributed by atoms with van der Waals surface area (Å²) in [5, 5.41) is 3.11. The van der Waals surface area contributed by atoms with Gasteiger partial charge in [0.2, 0.25) is 0 Å². The molecule has 0 spiro atoms. The number of hydrogen-bond acceptors (Lipinski definition) is 5. The summed E-state index contributed by atoms with van der Waals surface area (Å²) in [4.78, 5) is 20.2. The van der Waals surface area contributed by atoms with Crippen molar-refractivity contribution in [3.63, 3.8) is 0 Å². The number of halogens is 1. The van der Waals surface area contributed by atoms with Gasteiger partial charge in [-0.3, -0.25) is 0 Å². The van der Waals surface area contributed by atoms with E-state index in [0.29, 0.717) is 13.1 Å². The van der Waals surface area contributed by atoms with Gasteiger partial charge in [0.15, 0.2) is 5.82 Å². The molecular weight excluding hydrogens is 215 g/mol. The maximum Gasteiger partial charge on any atom is 0.417 e. The average Bonchev–Trinajstić information content (AvgIpc) is 2.33. The van der Waals surface area contributed by atoms with Crippen molar-refractivity contribution >= 4 is 6.09 Å². The van der Waals surface area contributed by atoms with Crippen molar-refractivity contribution in [1.82, 2.24) is 20.2 Å². The Bertz CT molecular complexity index is 364. The Balaban J connectivity index is 1.93. The Hall–Kier alpha value is -1.76. The minimum Gasteiger partial charge on any atom is -0.374 e. The number of ether oxygens (including phenoxy) is 1. The standard InChI is InChI=1S/C9H11FN4O2/c10-7-5-12-8(13-6-7)16-9(15)14-3-1-11-2-4-14/h5-6,11H,1-4H2. The largest absolute Gasteiger partial charge is 0.417 e. The van der Waals surface area contributed by atoms with E-state index in [1.807, 2.05) is 0 Å². The lowest BCUT2D eigenvalue weighted by molar-refractivity contribution is 0.142. The van der Waals surface area contributed by atoms with Crippen LogP contribution in [0.5, 0.6) is 6.01 Å². The Kier molecular flexibility index (Phi) is 3.25. The van der Waals surface area contributed by atoms with E-state index in [1.165, 1.54) is 0 Å². The van der Waals surface area contributed by atoms with Crippen LogP contribution >= 0.6 is 0 Å². The predicted octanol–water partition coefficient (Wildman–Crippen LogP) is 0.0197. The molecule has 0 bridgehead atoms. The van der Waals surface area contributed by atoms with Crippen molar-refractivity contribution in [2.75, 3.05) is 26.2 Å².